The van der Waals surface area contributed by atoms with Gasteiger partial charge in [0.05, 0.1) is 0 Å². The Morgan fingerprint density at radius 1 is 1.13 bits per heavy atom. The van der Waals surface area contributed by atoms with Crippen LogP contribution in [0.5, 0.6) is 5.75 Å². The third-order valence-corrected chi connectivity index (χ3v) is 4.85. The quantitative estimate of drug-likeness (QED) is 0.386. The van der Waals surface area contributed by atoms with Crippen molar-refractivity contribution in [2.24, 2.45) is 0 Å². The van der Waals surface area contributed by atoms with E-state index in [2.05, 4.69) is 4.18 Å². The Hall–Kier alpha value is -2.02. The lowest BCUT2D eigenvalue weighted by Crippen LogP contribution is -2.49. The summed E-state index contributed by atoms with van der Waals surface area (Å²) < 4.78 is 83.7. The van der Waals surface area contributed by atoms with Crippen LogP contribution < -0.4 is 9.65 Å². The summed E-state index contributed by atoms with van der Waals surface area (Å²) in [6.07, 6.45) is -0.469. The average Bonchev–Trinajstić information content (AvgIpc) is 2.55. The van der Waals surface area contributed by atoms with Crippen molar-refractivity contribution in [2.75, 3.05) is 26.2 Å². The molecule has 1 aliphatic heterocycles. The molecule has 2 rings (SSSR count). The summed E-state index contributed by atoms with van der Waals surface area (Å²) >= 11 is 0. The number of piperazine rings is 1. The molecule has 170 valence electrons. The molecule has 13 heteroatoms. The molecule has 1 fully saturated rings. The number of carbonyl (C=O) groups excluding carboxylic acids is 1. The number of ether oxygens (including phenoxy) is 1. The number of nitrogens with zero attached hydrogens (tertiary/aromatic N) is 2. The van der Waals surface area contributed by atoms with Gasteiger partial charge in [-0.05, 0) is 44.9 Å². The molecule has 0 unspecified atom stereocenters. The summed E-state index contributed by atoms with van der Waals surface area (Å²) in [4.78, 5) is 15.4. The lowest BCUT2D eigenvalue weighted by atomic mass is 9.78. The van der Waals surface area contributed by atoms with Crippen LogP contribution >= 0.6 is 0 Å². The molecule has 1 aromatic carbocycles. The first-order valence-electron chi connectivity index (χ1n) is 9.23. The summed E-state index contributed by atoms with van der Waals surface area (Å²) in [7, 11) is -5.48. The van der Waals surface area contributed by atoms with Crippen molar-refractivity contribution in [1.29, 1.82) is 0 Å². The number of hydrogen-bond donors (Lipinski definition) is 0. The van der Waals surface area contributed by atoms with Gasteiger partial charge in [-0.2, -0.15) is 8.42 Å². The molecule has 0 saturated carbocycles. The predicted octanol–water partition coefficient (Wildman–Crippen LogP) is 2.70. The van der Waals surface area contributed by atoms with Gasteiger partial charge in [0.15, 0.2) is 0 Å². The minimum atomic E-state index is -5.48. The molecule has 1 aliphatic rings. The van der Waals surface area contributed by atoms with Crippen LogP contribution in [0.15, 0.2) is 12.1 Å². The van der Waals surface area contributed by atoms with E-state index < -0.39 is 40.4 Å². The molecule has 0 spiro atoms. The fourth-order valence-electron chi connectivity index (χ4n) is 2.97. The van der Waals surface area contributed by atoms with Crippen molar-refractivity contribution < 1.29 is 39.0 Å². The van der Waals surface area contributed by atoms with Crippen molar-refractivity contribution in [3.63, 3.8) is 0 Å². The zero-order valence-electron chi connectivity index (χ0n) is 17.1. The average molecular weight is 455 g/mol. The van der Waals surface area contributed by atoms with Crippen LogP contribution in [0, 0.1) is 6.92 Å². The van der Waals surface area contributed by atoms with Gasteiger partial charge >= 0.3 is 23.6 Å². The Bertz CT molecular complexity index is 895. The summed E-state index contributed by atoms with van der Waals surface area (Å²) in [6.45, 7) is 2.58. The first kappa shape index (κ1) is 24.3. The van der Waals surface area contributed by atoms with E-state index in [1.54, 1.807) is 20.8 Å². The number of carbonyl (C=O) groups is 1. The van der Waals surface area contributed by atoms with Gasteiger partial charge in [0.25, 0.3) is 0 Å². The summed E-state index contributed by atoms with van der Waals surface area (Å²) in [5.74, 6) is -0.698. The lowest BCUT2D eigenvalue weighted by Gasteiger charge is -2.36. The maximum absolute atomic E-state index is 13.3. The topological polar surface area (TPSA) is 76.2 Å². The Morgan fingerprint density at radius 3 is 2.17 bits per heavy atom. The molecule has 0 atom stereocenters. The van der Waals surface area contributed by atoms with E-state index >= 15 is 0 Å². The Balaban J connectivity index is 2.17. The highest BCUT2D eigenvalue weighted by Crippen LogP contribution is 2.26. The van der Waals surface area contributed by atoms with Crippen LogP contribution in [0.2, 0.25) is 0 Å². The Labute approximate surface area is 173 Å². The van der Waals surface area contributed by atoms with Gasteiger partial charge in [0.2, 0.25) is 0 Å². The normalized spacial score (nSPS) is 16.5. The second-order valence-electron chi connectivity index (χ2n) is 8.10. The minimum absolute atomic E-state index is 0.0523. The third-order valence-electron chi connectivity index (χ3n) is 4.48. The van der Waals surface area contributed by atoms with E-state index in [1.165, 1.54) is 11.8 Å². The van der Waals surface area contributed by atoms with Gasteiger partial charge in [0, 0.05) is 32.7 Å². The third kappa shape index (κ3) is 7.04. The second kappa shape index (κ2) is 8.62. The molecule has 1 saturated heterocycles. The Kier molecular flexibility index (Phi) is 6.97. The van der Waals surface area contributed by atoms with Gasteiger partial charge in [0.1, 0.15) is 11.4 Å². The number of hydrogen-bond acceptors (Lipinski definition) is 6. The van der Waals surface area contributed by atoms with E-state index in [1.807, 2.05) is 4.90 Å². The van der Waals surface area contributed by atoms with E-state index in [9.17, 15) is 30.0 Å². The molecule has 1 aromatic rings. The molecule has 7 nitrogen and oxygen atoms in total. The van der Waals surface area contributed by atoms with Crippen LogP contribution in [-0.4, -0.2) is 63.1 Å². The van der Waals surface area contributed by atoms with E-state index in [0.29, 0.717) is 32.2 Å². The first-order valence-corrected chi connectivity index (χ1v) is 10.5. The highest BCUT2D eigenvalue weighted by atomic mass is 32.3. The lowest BCUT2D eigenvalue weighted by molar-refractivity contribution is 0.0139. The molecule has 0 bridgehead atoms. The van der Waals surface area contributed by atoms with E-state index in [0.717, 1.165) is 6.07 Å². The number of amides is 1. The molecule has 0 aromatic heterocycles. The molecule has 30 heavy (non-hydrogen) atoms. The molecule has 0 aliphatic carbocycles. The number of rotatable bonds is 5. The first-order chi connectivity index (χ1) is 13.5. The van der Waals surface area contributed by atoms with Crippen molar-refractivity contribution in [3.05, 3.63) is 23.3 Å². The van der Waals surface area contributed by atoms with Crippen molar-refractivity contribution in [3.8, 4) is 5.75 Å². The van der Waals surface area contributed by atoms with Crippen LogP contribution in [-0.2, 0) is 21.8 Å². The summed E-state index contributed by atoms with van der Waals surface area (Å²) in [5.41, 5.74) is -1.47. The monoisotopic (exact) mass is 455 g/mol. The highest BCUT2D eigenvalue weighted by Gasteiger charge is 2.30. The highest BCUT2D eigenvalue weighted by molar-refractivity contribution is 7.81. The standard InChI is InChI=1S/C17H24BF4N2O5S/c1-12-13(9-14(18(19,20)21)10-15(12)29-30(22,26)27)11-23-5-7-24(8-6-23)16(25)28-17(2,3)4/h9-10H,5-8,11H2,1-4H3/q-1. The second-order valence-corrected chi connectivity index (χ2v) is 9.05. The minimum Gasteiger partial charge on any atom is -0.445 e. The van der Waals surface area contributed by atoms with Crippen molar-refractivity contribution in [1.82, 2.24) is 9.80 Å². The van der Waals surface area contributed by atoms with Crippen molar-refractivity contribution in [2.45, 2.75) is 39.8 Å². The zero-order chi connectivity index (χ0) is 22.9. The summed E-state index contributed by atoms with van der Waals surface area (Å²) in [6, 6.07) is 1.39. The molecule has 1 amide bonds. The van der Waals surface area contributed by atoms with Gasteiger partial charge in [-0.3, -0.25) is 4.90 Å². The number of halogens is 4. The number of benzene rings is 1. The fraction of sp³-hybridized carbons (Fsp3) is 0.588. The predicted molar refractivity (Wildman–Crippen MR) is 104 cm³/mol. The van der Waals surface area contributed by atoms with Crippen LogP contribution in [0.25, 0.3) is 0 Å². The van der Waals surface area contributed by atoms with Gasteiger partial charge in [-0.15, -0.1) is 5.46 Å². The summed E-state index contributed by atoms with van der Waals surface area (Å²) in [5, 5.41) is 0. The van der Waals surface area contributed by atoms with Crippen LogP contribution in [0.1, 0.15) is 31.9 Å². The van der Waals surface area contributed by atoms with E-state index in [-0.39, 0.29) is 17.7 Å². The van der Waals surface area contributed by atoms with E-state index in [4.69, 9.17) is 4.74 Å². The van der Waals surface area contributed by atoms with Crippen LogP contribution in [0.4, 0.5) is 21.6 Å². The molecular weight excluding hydrogens is 431 g/mol. The fourth-order valence-corrected chi connectivity index (χ4v) is 3.36. The Morgan fingerprint density at radius 2 is 1.70 bits per heavy atom. The maximum Gasteiger partial charge on any atom is 0.509 e. The zero-order valence-corrected chi connectivity index (χ0v) is 17.9. The SMILES string of the molecule is Cc1c(CN2CCN(C(=O)OC(C)(C)C)CC2)cc([B-](F)(F)F)cc1OS(=O)(=O)F. The molecular formula is C17H24BF4N2O5S-. The van der Waals surface area contributed by atoms with Gasteiger partial charge in [-0.1, -0.05) is 9.95 Å². The largest absolute Gasteiger partial charge is 0.509 e. The van der Waals surface area contributed by atoms with Gasteiger partial charge in [-0.25, -0.2) is 4.79 Å². The smallest absolute Gasteiger partial charge is 0.445 e. The maximum atomic E-state index is 13.3. The molecule has 0 radical (unpaired) electrons. The van der Waals surface area contributed by atoms with Crippen molar-refractivity contribution >= 4 is 29.0 Å². The van der Waals surface area contributed by atoms with Crippen LogP contribution in [0.3, 0.4) is 0 Å². The van der Waals surface area contributed by atoms with Gasteiger partial charge < -0.3 is 26.8 Å². The molecule has 0 N–H and O–H groups in total. The molecule has 1 heterocycles.